The van der Waals surface area contributed by atoms with E-state index >= 15 is 0 Å². The number of para-hydroxylation sites is 1. The second kappa shape index (κ2) is 15.1. The predicted octanol–water partition coefficient (Wildman–Crippen LogP) is 4.72. The summed E-state index contributed by atoms with van der Waals surface area (Å²) in [5.74, 6) is 0.326. The molecule has 1 atom stereocenters. The lowest BCUT2D eigenvalue weighted by molar-refractivity contribution is -0.119. The summed E-state index contributed by atoms with van der Waals surface area (Å²) in [5, 5.41) is 5.49. The van der Waals surface area contributed by atoms with Crippen LogP contribution in [0.15, 0.2) is 24.3 Å². The predicted molar refractivity (Wildman–Crippen MR) is 99.8 cm³/mol. The summed E-state index contributed by atoms with van der Waals surface area (Å²) in [7, 11) is 0. The Kier molecular flexibility index (Phi) is 15.4. The van der Waals surface area contributed by atoms with Gasteiger partial charge in [0.15, 0.2) is 0 Å². The fraction of sp³-hybridized carbons (Fsp3) is 0.579. The van der Waals surface area contributed by atoms with Gasteiger partial charge in [-0.15, -0.1) is 0 Å². The van der Waals surface area contributed by atoms with Gasteiger partial charge in [0.05, 0.1) is 5.92 Å². The molecule has 4 nitrogen and oxygen atoms in total. The first-order valence-electron chi connectivity index (χ1n) is 8.85. The highest BCUT2D eigenvalue weighted by Gasteiger charge is 2.25. The lowest BCUT2D eigenvalue weighted by Gasteiger charge is -1.97. The number of carbonyl (C=O) groups is 2. The fourth-order valence-electron chi connectivity index (χ4n) is 1.94. The van der Waals surface area contributed by atoms with Gasteiger partial charge in [0, 0.05) is 18.7 Å². The highest BCUT2D eigenvalue weighted by atomic mass is 16.2. The fourth-order valence-corrected chi connectivity index (χ4v) is 1.94. The summed E-state index contributed by atoms with van der Waals surface area (Å²) in [6.07, 6.45) is 1.76. The first-order chi connectivity index (χ1) is 11.2. The van der Waals surface area contributed by atoms with Gasteiger partial charge in [-0.2, -0.15) is 0 Å². The van der Waals surface area contributed by atoms with Crippen molar-refractivity contribution < 1.29 is 9.59 Å². The molecule has 1 fully saturated rings. The van der Waals surface area contributed by atoms with Crippen molar-refractivity contribution in [2.75, 3.05) is 11.9 Å². The van der Waals surface area contributed by atoms with E-state index in [9.17, 15) is 9.59 Å². The number of benzene rings is 1. The standard InChI is InChI=1S/C9H9NO.C4H7NO.3C2H6/c1-6-7-4-2-3-5-8(7)10-9(6)11;6-4-2-1-3-5-4;3*1-2/h2-6H,1H3,(H,10,11);1-3H2,(H,5,6);3*1-2H3. The quantitative estimate of drug-likeness (QED) is 0.726. The number of hydrogen-bond donors (Lipinski definition) is 2. The highest BCUT2D eigenvalue weighted by Crippen LogP contribution is 2.30. The number of nitrogens with one attached hydrogen (secondary N) is 2. The van der Waals surface area contributed by atoms with Crippen molar-refractivity contribution >= 4 is 17.5 Å². The summed E-state index contributed by atoms with van der Waals surface area (Å²) < 4.78 is 0. The van der Waals surface area contributed by atoms with E-state index < -0.39 is 0 Å². The number of hydrogen-bond acceptors (Lipinski definition) is 2. The van der Waals surface area contributed by atoms with E-state index in [0.29, 0.717) is 0 Å². The zero-order chi connectivity index (χ0) is 18.3. The van der Waals surface area contributed by atoms with Crippen LogP contribution in [0.1, 0.15) is 72.8 Å². The van der Waals surface area contributed by atoms with Crippen molar-refractivity contribution in [1.29, 1.82) is 0 Å². The van der Waals surface area contributed by atoms with Crippen LogP contribution in [0.4, 0.5) is 5.69 Å². The molecule has 1 aromatic carbocycles. The lowest BCUT2D eigenvalue weighted by atomic mass is 10.0. The molecule has 2 heterocycles. The molecule has 132 valence electrons. The molecule has 2 amide bonds. The summed E-state index contributed by atoms with van der Waals surface area (Å²) >= 11 is 0. The van der Waals surface area contributed by atoms with Crippen LogP contribution in [-0.4, -0.2) is 18.4 Å². The number of rotatable bonds is 0. The molecule has 2 N–H and O–H groups in total. The van der Waals surface area contributed by atoms with Crippen molar-refractivity contribution in [3.8, 4) is 0 Å². The minimum absolute atomic E-state index is 0.0196. The van der Waals surface area contributed by atoms with Crippen LogP contribution < -0.4 is 10.6 Å². The molecular weight excluding hydrogens is 288 g/mol. The van der Waals surface area contributed by atoms with Gasteiger partial charge < -0.3 is 10.6 Å². The first-order valence-corrected chi connectivity index (χ1v) is 8.85. The maximum absolute atomic E-state index is 11.1. The third kappa shape index (κ3) is 8.38. The van der Waals surface area contributed by atoms with Gasteiger partial charge in [-0.3, -0.25) is 9.59 Å². The molecular formula is C19H34N2O2. The Bertz CT molecular complexity index is 437. The molecule has 1 saturated heterocycles. The topological polar surface area (TPSA) is 58.2 Å². The molecule has 0 aromatic heterocycles. The minimum atomic E-state index is 0.0196. The van der Waals surface area contributed by atoms with E-state index in [4.69, 9.17) is 0 Å². The molecule has 4 heteroatoms. The summed E-state index contributed by atoms with van der Waals surface area (Å²) in [5.41, 5.74) is 2.07. The van der Waals surface area contributed by atoms with E-state index in [1.807, 2.05) is 72.7 Å². The van der Waals surface area contributed by atoms with E-state index in [1.54, 1.807) is 0 Å². The van der Waals surface area contributed by atoms with E-state index in [1.165, 1.54) is 0 Å². The Labute approximate surface area is 142 Å². The van der Waals surface area contributed by atoms with Gasteiger partial charge in [0.1, 0.15) is 0 Å². The Morgan fingerprint density at radius 1 is 0.957 bits per heavy atom. The molecule has 3 rings (SSSR count). The van der Waals surface area contributed by atoms with Gasteiger partial charge in [-0.05, 0) is 25.0 Å². The van der Waals surface area contributed by atoms with Crippen molar-refractivity contribution in [3.05, 3.63) is 29.8 Å². The third-order valence-corrected chi connectivity index (χ3v) is 2.98. The molecule has 2 aliphatic rings. The zero-order valence-electron chi connectivity index (χ0n) is 15.8. The molecule has 0 radical (unpaired) electrons. The van der Waals surface area contributed by atoms with Crippen molar-refractivity contribution in [2.24, 2.45) is 0 Å². The van der Waals surface area contributed by atoms with Gasteiger partial charge in [0.25, 0.3) is 0 Å². The summed E-state index contributed by atoms with van der Waals surface area (Å²) in [6.45, 7) is 14.8. The number of anilines is 1. The minimum Gasteiger partial charge on any atom is -0.356 e. The van der Waals surface area contributed by atoms with Crippen LogP contribution in [0, 0.1) is 0 Å². The summed E-state index contributed by atoms with van der Waals surface area (Å²) in [4.78, 5) is 21.3. The van der Waals surface area contributed by atoms with E-state index in [2.05, 4.69) is 10.6 Å². The van der Waals surface area contributed by atoms with E-state index in [-0.39, 0.29) is 17.7 Å². The smallest absolute Gasteiger partial charge is 0.231 e. The lowest BCUT2D eigenvalue weighted by Crippen LogP contribution is -2.12. The Morgan fingerprint density at radius 2 is 1.52 bits per heavy atom. The first kappa shape index (κ1) is 23.4. The average Bonchev–Trinajstić information content (AvgIpc) is 3.21. The SMILES string of the molecule is CC.CC.CC.CC1C(=O)Nc2ccccc21.O=C1CCCN1. The zero-order valence-corrected chi connectivity index (χ0v) is 15.8. The number of carbonyl (C=O) groups excluding carboxylic acids is 2. The van der Waals surface area contributed by atoms with Crippen LogP contribution in [0.25, 0.3) is 0 Å². The average molecular weight is 322 g/mol. The summed E-state index contributed by atoms with van der Waals surface area (Å²) in [6, 6.07) is 7.79. The van der Waals surface area contributed by atoms with Crippen molar-refractivity contribution in [3.63, 3.8) is 0 Å². The Hall–Kier alpha value is -1.84. The normalized spacial score (nSPS) is 16.4. The van der Waals surface area contributed by atoms with Crippen molar-refractivity contribution in [2.45, 2.75) is 67.2 Å². The number of amides is 2. The molecule has 0 saturated carbocycles. The second-order valence-corrected chi connectivity index (χ2v) is 4.25. The maximum Gasteiger partial charge on any atom is 0.231 e. The molecule has 0 spiro atoms. The molecule has 2 aliphatic heterocycles. The van der Waals surface area contributed by atoms with Crippen LogP contribution in [0.3, 0.4) is 0 Å². The molecule has 1 unspecified atom stereocenters. The van der Waals surface area contributed by atoms with E-state index in [0.717, 1.165) is 30.6 Å². The third-order valence-electron chi connectivity index (χ3n) is 2.98. The molecule has 23 heavy (non-hydrogen) atoms. The second-order valence-electron chi connectivity index (χ2n) is 4.25. The Morgan fingerprint density at radius 3 is 1.91 bits per heavy atom. The largest absolute Gasteiger partial charge is 0.356 e. The van der Waals surface area contributed by atoms with Crippen LogP contribution >= 0.6 is 0 Å². The van der Waals surface area contributed by atoms with Crippen LogP contribution in [0.2, 0.25) is 0 Å². The molecule has 0 bridgehead atoms. The monoisotopic (exact) mass is 322 g/mol. The van der Waals surface area contributed by atoms with Gasteiger partial charge in [-0.1, -0.05) is 59.7 Å². The van der Waals surface area contributed by atoms with Gasteiger partial charge >= 0.3 is 0 Å². The number of fused-ring (bicyclic) bond motifs is 1. The molecule has 0 aliphatic carbocycles. The molecule has 1 aromatic rings. The van der Waals surface area contributed by atoms with Crippen LogP contribution in [-0.2, 0) is 9.59 Å². The Balaban J connectivity index is 0. The van der Waals surface area contributed by atoms with Gasteiger partial charge in [0.2, 0.25) is 11.8 Å². The van der Waals surface area contributed by atoms with Gasteiger partial charge in [-0.25, -0.2) is 0 Å². The van der Waals surface area contributed by atoms with Crippen molar-refractivity contribution in [1.82, 2.24) is 5.32 Å². The van der Waals surface area contributed by atoms with Crippen LogP contribution in [0.5, 0.6) is 0 Å². The maximum atomic E-state index is 11.1. The highest BCUT2D eigenvalue weighted by molar-refractivity contribution is 6.02.